The van der Waals surface area contributed by atoms with Gasteiger partial charge in [0.1, 0.15) is 0 Å². The smallest absolute Gasteiger partial charge is 0.159 e. The van der Waals surface area contributed by atoms with E-state index in [9.17, 15) is 4.79 Å². The Morgan fingerprint density at radius 2 is 1.30 bits per heavy atom. The zero-order chi connectivity index (χ0) is 32.3. The van der Waals surface area contributed by atoms with Crippen LogP contribution in [0.25, 0.3) is 5.70 Å². The molecule has 0 amide bonds. The number of nitrogens with zero attached hydrogens (tertiary/aromatic N) is 1. The second-order valence-corrected chi connectivity index (χ2v) is 13.9. The maximum atomic E-state index is 12.2. The number of ketones is 1. The van der Waals surface area contributed by atoms with E-state index in [4.69, 9.17) is 12.2 Å². The molecule has 1 heterocycles. The molecule has 1 saturated heterocycles. The minimum absolute atomic E-state index is 0.104. The van der Waals surface area contributed by atoms with Gasteiger partial charge < -0.3 is 4.90 Å². The highest BCUT2D eigenvalue weighted by Gasteiger charge is 2.23. The Morgan fingerprint density at radius 1 is 0.795 bits per heavy atom. The number of hydrogen-bond acceptors (Lipinski definition) is 3. The monoisotopic (exact) mass is 609 g/mol. The van der Waals surface area contributed by atoms with Crippen LogP contribution in [0.2, 0.25) is 0 Å². The summed E-state index contributed by atoms with van der Waals surface area (Å²) in [5.74, 6) is 0.638. The SMILES string of the molecule is C=C(c1cc(C(C)=O)ccc1CCCCc1ccc(CCc2ccc(C(C)(C)C)cc2)cc1)N1CCC(C(C)=S)CC1.CC. The van der Waals surface area contributed by atoms with Crippen molar-refractivity contribution in [3.05, 3.63) is 112 Å². The number of Topliss-reactive ketones (excluding diaryl/α,β-unsaturated/α-hetero) is 1. The summed E-state index contributed by atoms with van der Waals surface area (Å²) in [6.07, 6.45) is 8.63. The van der Waals surface area contributed by atoms with E-state index in [1.165, 1.54) is 27.8 Å². The molecule has 0 aromatic heterocycles. The molecule has 0 bridgehead atoms. The van der Waals surface area contributed by atoms with Gasteiger partial charge in [0, 0.05) is 29.9 Å². The third-order valence-corrected chi connectivity index (χ3v) is 9.32. The maximum Gasteiger partial charge on any atom is 0.159 e. The van der Waals surface area contributed by atoms with Crippen LogP contribution in [0.4, 0.5) is 0 Å². The number of aryl methyl sites for hydroxylation is 4. The summed E-state index contributed by atoms with van der Waals surface area (Å²) in [6, 6.07) is 24.5. The molecule has 0 aliphatic carbocycles. The number of unbranched alkanes of at least 4 members (excludes halogenated alkanes) is 1. The highest BCUT2D eigenvalue weighted by Crippen LogP contribution is 2.30. The number of carbonyl (C=O) groups is 1. The van der Waals surface area contributed by atoms with E-state index in [2.05, 4.69) is 99.8 Å². The first-order valence-corrected chi connectivity index (χ1v) is 17.2. The van der Waals surface area contributed by atoms with Crippen LogP contribution in [0.3, 0.4) is 0 Å². The number of rotatable bonds is 12. The van der Waals surface area contributed by atoms with Crippen LogP contribution in [-0.4, -0.2) is 28.6 Å². The molecule has 1 aliphatic heterocycles. The van der Waals surface area contributed by atoms with Crippen LogP contribution in [0, 0.1) is 5.92 Å². The van der Waals surface area contributed by atoms with Crippen molar-refractivity contribution in [2.75, 3.05) is 13.1 Å². The van der Waals surface area contributed by atoms with Gasteiger partial charge >= 0.3 is 0 Å². The first-order valence-electron chi connectivity index (χ1n) is 16.8. The Kier molecular flexibility index (Phi) is 13.6. The average Bonchev–Trinajstić information content (AvgIpc) is 3.03. The lowest BCUT2D eigenvalue weighted by atomic mass is 9.86. The molecule has 3 heteroatoms. The summed E-state index contributed by atoms with van der Waals surface area (Å²) in [5.41, 5.74) is 10.0. The molecule has 0 radical (unpaired) electrons. The van der Waals surface area contributed by atoms with Gasteiger partial charge in [0.2, 0.25) is 0 Å². The number of piperidine rings is 1. The molecule has 0 unspecified atom stereocenters. The Hall–Kier alpha value is -3.04. The Morgan fingerprint density at radius 3 is 1.80 bits per heavy atom. The van der Waals surface area contributed by atoms with Crippen molar-refractivity contribution in [1.29, 1.82) is 0 Å². The fourth-order valence-corrected chi connectivity index (χ4v) is 6.22. The number of hydrogen-bond donors (Lipinski definition) is 0. The molecule has 1 aliphatic rings. The first kappa shape index (κ1) is 35.4. The molecule has 0 atom stereocenters. The van der Waals surface area contributed by atoms with Gasteiger partial charge in [-0.2, -0.15) is 0 Å². The van der Waals surface area contributed by atoms with Crippen molar-refractivity contribution in [2.24, 2.45) is 5.92 Å². The van der Waals surface area contributed by atoms with Gasteiger partial charge in [0.05, 0.1) is 0 Å². The second-order valence-electron chi connectivity index (χ2n) is 13.2. The van der Waals surface area contributed by atoms with Crippen molar-refractivity contribution in [3.63, 3.8) is 0 Å². The summed E-state index contributed by atoms with van der Waals surface area (Å²) >= 11 is 5.45. The molecule has 0 saturated carbocycles. The topological polar surface area (TPSA) is 20.3 Å². The third-order valence-electron chi connectivity index (χ3n) is 8.99. The summed E-state index contributed by atoms with van der Waals surface area (Å²) in [5, 5.41) is 0. The lowest BCUT2D eigenvalue weighted by Crippen LogP contribution is -2.34. The molecule has 236 valence electrons. The Balaban J connectivity index is 0.00000259. The number of likely N-dealkylation sites (tertiary alicyclic amines) is 1. The predicted molar refractivity (Wildman–Crippen MR) is 195 cm³/mol. The van der Waals surface area contributed by atoms with E-state index in [1.54, 1.807) is 6.92 Å². The molecule has 3 aromatic carbocycles. The van der Waals surface area contributed by atoms with E-state index >= 15 is 0 Å². The van der Waals surface area contributed by atoms with Crippen LogP contribution in [0.1, 0.15) is 118 Å². The first-order chi connectivity index (χ1) is 21.0. The predicted octanol–water partition coefficient (Wildman–Crippen LogP) is 10.6. The van der Waals surface area contributed by atoms with Crippen molar-refractivity contribution in [3.8, 4) is 0 Å². The van der Waals surface area contributed by atoms with Gasteiger partial charge in [-0.15, -0.1) is 0 Å². The van der Waals surface area contributed by atoms with Gasteiger partial charge in [-0.05, 0) is 115 Å². The van der Waals surface area contributed by atoms with E-state index in [0.29, 0.717) is 5.92 Å². The fourth-order valence-electron chi connectivity index (χ4n) is 5.99. The molecular weight excluding hydrogens is 555 g/mol. The van der Waals surface area contributed by atoms with Gasteiger partial charge in [-0.3, -0.25) is 4.79 Å². The van der Waals surface area contributed by atoms with E-state index in [0.717, 1.165) is 86.1 Å². The molecule has 0 N–H and O–H groups in total. The summed E-state index contributed by atoms with van der Waals surface area (Å²) in [7, 11) is 0. The molecular formula is C41H55NOS. The van der Waals surface area contributed by atoms with E-state index < -0.39 is 0 Å². The van der Waals surface area contributed by atoms with E-state index in [-0.39, 0.29) is 11.2 Å². The van der Waals surface area contributed by atoms with Gasteiger partial charge in [0.25, 0.3) is 0 Å². The van der Waals surface area contributed by atoms with Crippen LogP contribution in [0.15, 0.2) is 73.3 Å². The van der Waals surface area contributed by atoms with Crippen LogP contribution >= 0.6 is 12.2 Å². The summed E-state index contributed by atoms with van der Waals surface area (Å²) < 4.78 is 0. The lowest BCUT2D eigenvalue weighted by molar-refractivity contribution is 0.101. The average molecular weight is 610 g/mol. The van der Waals surface area contributed by atoms with Gasteiger partial charge in [0.15, 0.2) is 5.78 Å². The minimum Gasteiger partial charge on any atom is -0.371 e. The minimum atomic E-state index is 0.104. The summed E-state index contributed by atoms with van der Waals surface area (Å²) in [6.45, 7) is 20.9. The Bertz CT molecular complexity index is 1370. The number of thiocarbonyl (C=S) groups is 1. The molecule has 0 spiro atoms. The highest BCUT2D eigenvalue weighted by molar-refractivity contribution is 7.80. The molecule has 1 fully saturated rings. The van der Waals surface area contributed by atoms with Crippen molar-refractivity contribution >= 4 is 28.6 Å². The van der Waals surface area contributed by atoms with Gasteiger partial charge in [-0.1, -0.05) is 114 Å². The van der Waals surface area contributed by atoms with Crippen molar-refractivity contribution in [2.45, 2.75) is 105 Å². The molecule has 3 aromatic rings. The zero-order valence-corrected chi connectivity index (χ0v) is 29.3. The zero-order valence-electron chi connectivity index (χ0n) is 28.5. The third kappa shape index (κ3) is 10.3. The largest absolute Gasteiger partial charge is 0.371 e. The van der Waals surface area contributed by atoms with Crippen LogP contribution < -0.4 is 0 Å². The van der Waals surface area contributed by atoms with Gasteiger partial charge in [-0.25, -0.2) is 0 Å². The summed E-state index contributed by atoms with van der Waals surface area (Å²) in [4.78, 5) is 15.7. The van der Waals surface area contributed by atoms with Crippen LogP contribution in [-0.2, 0) is 31.1 Å². The standard InChI is InChI=1S/C39H49NOS.C2H6/c1-28(40-25-23-34(24-26-40)30(3)42)38-27-36(29(2)41)20-19-35(38)10-8-7-9-31-11-13-32(14-12-31)15-16-33-17-21-37(22-18-33)39(4,5)6;1-2/h11-14,17-22,27,34H,1,7-10,15-16,23-26H2,2-6H3;1-2H3. The lowest BCUT2D eigenvalue weighted by Gasteiger charge is -2.35. The van der Waals surface area contributed by atoms with Crippen molar-refractivity contribution < 1.29 is 4.79 Å². The number of carbonyl (C=O) groups excluding carboxylic acids is 1. The highest BCUT2D eigenvalue weighted by atomic mass is 32.1. The number of benzene rings is 3. The molecule has 4 rings (SSSR count). The maximum absolute atomic E-state index is 12.2. The quantitative estimate of drug-likeness (QED) is 0.116. The normalized spacial score (nSPS) is 13.7. The fraction of sp³-hybridized carbons (Fsp3) is 0.463. The van der Waals surface area contributed by atoms with Crippen molar-refractivity contribution in [1.82, 2.24) is 4.90 Å². The second kappa shape index (κ2) is 16.9. The molecule has 2 nitrogen and oxygen atoms in total. The molecule has 44 heavy (non-hydrogen) atoms. The van der Waals surface area contributed by atoms with Crippen LogP contribution in [0.5, 0.6) is 0 Å². The van der Waals surface area contributed by atoms with E-state index in [1.807, 2.05) is 19.9 Å². The Labute approximate surface area is 274 Å².